The van der Waals surface area contributed by atoms with E-state index in [9.17, 15) is 9.59 Å². The van der Waals surface area contributed by atoms with Crippen LogP contribution < -0.4 is 15.4 Å². The first kappa shape index (κ1) is 27.0. The number of para-hydroxylation sites is 1. The number of carbonyl (C=O) groups is 2. The zero-order chi connectivity index (χ0) is 27.8. The molecule has 1 aliphatic heterocycles. The minimum atomic E-state index is -1.73. The van der Waals surface area contributed by atoms with Crippen molar-refractivity contribution in [1.82, 2.24) is 20.4 Å². The Morgan fingerprint density at radius 3 is 2.28 bits per heavy atom. The predicted octanol–water partition coefficient (Wildman–Crippen LogP) is 6.19. The highest BCUT2D eigenvalue weighted by atomic mass is 28.3. The van der Waals surface area contributed by atoms with Crippen molar-refractivity contribution in [2.45, 2.75) is 75.9 Å². The lowest BCUT2D eigenvalue weighted by Gasteiger charge is -2.57. The maximum atomic E-state index is 13.7. The van der Waals surface area contributed by atoms with Crippen molar-refractivity contribution < 1.29 is 14.3 Å². The van der Waals surface area contributed by atoms with Gasteiger partial charge >= 0.3 is 6.03 Å². The van der Waals surface area contributed by atoms with Crippen molar-refractivity contribution in [2.75, 3.05) is 11.9 Å². The maximum absolute atomic E-state index is 13.7. The van der Waals surface area contributed by atoms with E-state index >= 15 is 0 Å². The first-order valence-electron chi connectivity index (χ1n) is 13.7. The molecule has 1 aliphatic carbocycles. The Labute approximate surface area is 231 Å². The van der Waals surface area contributed by atoms with Crippen LogP contribution >= 0.6 is 0 Å². The number of rotatable bonds is 8. The Morgan fingerprint density at radius 1 is 1.05 bits per heavy atom. The highest BCUT2D eigenvalue weighted by Gasteiger charge is 2.48. The molecule has 2 aromatic carbocycles. The van der Waals surface area contributed by atoms with Gasteiger partial charge in [0.2, 0.25) is 5.91 Å². The Morgan fingerprint density at radius 2 is 1.69 bits per heavy atom. The fraction of sp³-hybridized carbons (Fsp3) is 0.433. The molecule has 8 nitrogen and oxygen atoms in total. The van der Waals surface area contributed by atoms with Crippen LogP contribution in [0.25, 0.3) is 0 Å². The molecule has 2 heterocycles. The molecule has 1 fully saturated rings. The number of benzene rings is 2. The molecule has 3 amide bonds. The lowest BCUT2D eigenvalue weighted by Crippen LogP contribution is -2.52. The van der Waals surface area contributed by atoms with Gasteiger partial charge in [0.1, 0.15) is 12.4 Å². The minimum Gasteiger partial charge on any atom is -0.491 e. The highest BCUT2D eigenvalue weighted by Crippen LogP contribution is 2.56. The van der Waals surface area contributed by atoms with E-state index in [2.05, 4.69) is 40.5 Å². The number of hydrogen-bond acceptors (Lipinski definition) is 4. The summed E-state index contributed by atoms with van der Waals surface area (Å²) in [5.74, 6) is 1.36. The third-order valence-electron chi connectivity index (χ3n) is 8.68. The predicted molar refractivity (Wildman–Crippen MR) is 155 cm³/mol. The molecule has 3 N–H and O–H groups in total. The van der Waals surface area contributed by atoms with Crippen LogP contribution in [0.5, 0.6) is 5.75 Å². The number of urea groups is 1. The van der Waals surface area contributed by atoms with Crippen molar-refractivity contribution >= 4 is 25.8 Å². The van der Waals surface area contributed by atoms with E-state index in [-0.39, 0.29) is 23.0 Å². The topological polar surface area (TPSA) is 99.4 Å². The number of H-pyrrole nitrogens is 1. The first-order valence-corrected chi connectivity index (χ1v) is 17.2. The Kier molecular flexibility index (Phi) is 7.05. The van der Waals surface area contributed by atoms with Crippen LogP contribution in [0.2, 0.25) is 24.7 Å². The van der Waals surface area contributed by atoms with Gasteiger partial charge in [-0.05, 0) is 31.5 Å². The standard InChI is InChI=1S/C30H39N5O3Si/c1-29(2)25-23(26(34-33-25)32-27(36)30(17-12-18-30)39(3,4)5)19-35(29)28(37)31-24(21-13-8-6-9-14-21)20-38-22-15-10-7-11-16-22/h6-11,13-16,24H,12,17-20H2,1-5H3,(H,31,37)(H2,32,33,34,36)/q-1. The molecule has 2 aliphatic rings. The average Bonchev–Trinajstić information content (AvgIpc) is 3.38. The van der Waals surface area contributed by atoms with Crippen molar-refractivity contribution in [1.29, 1.82) is 0 Å². The van der Waals surface area contributed by atoms with Crippen LogP contribution in [0.1, 0.15) is 56.0 Å². The summed E-state index contributed by atoms with van der Waals surface area (Å²) >= 11 is 0. The van der Waals surface area contributed by atoms with E-state index in [0.29, 0.717) is 19.0 Å². The Hall–Kier alpha value is -3.59. The number of aromatic nitrogens is 2. The molecule has 207 valence electrons. The third kappa shape index (κ3) is 4.95. The summed E-state index contributed by atoms with van der Waals surface area (Å²) in [5.41, 5.74) is 2.04. The smallest absolute Gasteiger partial charge is 0.319 e. The van der Waals surface area contributed by atoms with Crippen LogP contribution in [-0.4, -0.2) is 41.7 Å². The van der Waals surface area contributed by atoms with E-state index in [4.69, 9.17) is 4.74 Å². The molecular formula is C30H39N5O3Si-. The second kappa shape index (κ2) is 10.2. The molecule has 9 heteroatoms. The number of hydrogen-bond donors (Lipinski definition) is 3. The quantitative estimate of drug-likeness (QED) is 0.294. The average molecular weight is 546 g/mol. The minimum absolute atomic E-state index is 0.0742. The summed E-state index contributed by atoms with van der Waals surface area (Å²) in [7, 11) is -1.73. The van der Waals surface area contributed by atoms with Gasteiger partial charge in [0, 0.05) is 5.56 Å². The van der Waals surface area contributed by atoms with E-state index in [1.54, 1.807) is 4.90 Å². The molecule has 1 unspecified atom stereocenters. The van der Waals surface area contributed by atoms with Gasteiger partial charge in [-0.2, -0.15) is 24.7 Å². The maximum Gasteiger partial charge on any atom is 0.319 e. The van der Waals surface area contributed by atoms with Gasteiger partial charge < -0.3 is 20.3 Å². The molecule has 3 aromatic rings. The Balaban J connectivity index is 1.32. The van der Waals surface area contributed by atoms with Crippen molar-refractivity contribution in [3.8, 4) is 5.75 Å². The summed E-state index contributed by atoms with van der Waals surface area (Å²) in [6.45, 7) is 11.4. The number of amides is 3. The molecular weight excluding hydrogens is 506 g/mol. The second-order valence-electron chi connectivity index (χ2n) is 12.2. The number of anilines is 1. The summed E-state index contributed by atoms with van der Waals surface area (Å²) in [6, 6.07) is 18.9. The third-order valence-corrected chi connectivity index (χ3v) is 12.3. The summed E-state index contributed by atoms with van der Waals surface area (Å²) in [6.07, 6.45) is 2.97. The zero-order valence-electron chi connectivity index (χ0n) is 23.5. The van der Waals surface area contributed by atoms with E-state index in [1.807, 2.05) is 74.5 Å². The van der Waals surface area contributed by atoms with Crippen LogP contribution in [-0.2, 0) is 16.9 Å². The van der Waals surface area contributed by atoms with E-state index < -0.39 is 13.6 Å². The largest absolute Gasteiger partial charge is 0.491 e. The van der Waals surface area contributed by atoms with Gasteiger partial charge in [-0.1, -0.05) is 72.8 Å². The molecule has 5 rings (SSSR count). The van der Waals surface area contributed by atoms with Crippen LogP contribution in [0.4, 0.5) is 10.6 Å². The van der Waals surface area contributed by atoms with Crippen LogP contribution in [0.3, 0.4) is 0 Å². The van der Waals surface area contributed by atoms with E-state index in [0.717, 1.165) is 41.8 Å². The fourth-order valence-electron chi connectivity index (χ4n) is 5.85. The highest BCUT2D eigenvalue weighted by molar-refractivity contribution is 6.83. The normalized spacial score (nSPS) is 18.0. The second-order valence-corrected chi connectivity index (χ2v) is 17.7. The summed E-state index contributed by atoms with van der Waals surface area (Å²) in [5, 5.41) is 13.7. The molecule has 1 saturated carbocycles. The lowest BCUT2D eigenvalue weighted by molar-refractivity contribution is -0.121. The molecule has 0 spiro atoms. The van der Waals surface area contributed by atoms with E-state index in [1.165, 1.54) is 0 Å². The molecule has 39 heavy (non-hydrogen) atoms. The van der Waals surface area contributed by atoms with Gasteiger partial charge in [0.25, 0.3) is 0 Å². The number of aromatic amines is 1. The summed E-state index contributed by atoms with van der Waals surface area (Å²) < 4.78 is 6.03. The van der Waals surface area contributed by atoms with Crippen molar-refractivity contribution in [3.05, 3.63) is 77.5 Å². The van der Waals surface area contributed by atoms with Crippen molar-refractivity contribution in [2.24, 2.45) is 0 Å². The number of carbonyl (C=O) groups excluding carboxylic acids is 2. The fourth-order valence-corrected chi connectivity index (χ4v) is 8.45. The molecule has 1 aromatic heterocycles. The first-order chi connectivity index (χ1) is 18.5. The van der Waals surface area contributed by atoms with Crippen LogP contribution in [0.15, 0.2) is 60.7 Å². The van der Waals surface area contributed by atoms with Gasteiger partial charge in [0.05, 0.1) is 23.8 Å². The number of fused-ring (bicyclic) bond motifs is 1. The summed E-state index contributed by atoms with van der Waals surface area (Å²) in [4.78, 5) is 29.0. The Bertz CT molecular complexity index is 1330. The molecule has 0 radical (unpaired) electrons. The SMILES string of the molecule is CC1(C)c2[nH]nc(NC(=O)C3([Si-](C)(C)C)CCC3)c2CN1C(=O)NC(COc1ccccc1)c1ccccc1. The number of nitrogens with zero attached hydrogens (tertiary/aromatic N) is 2. The number of nitrogens with one attached hydrogen (secondary N) is 3. The van der Waals surface area contributed by atoms with Gasteiger partial charge in [-0.25, -0.2) is 4.79 Å². The monoisotopic (exact) mass is 545 g/mol. The molecule has 1 atom stereocenters. The van der Waals surface area contributed by atoms with Gasteiger partial charge in [0.15, 0.2) is 5.82 Å². The molecule has 0 saturated heterocycles. The number of ether oxygens (including phenoxy) is 1. The van der Waals surface area contributed by atoms with Crippen LogP contribution in [0, 0.1) is 0 Å². The molecule has 0 bridgehead atoms. The van der Waals surface area contributed by atoms with Gasteiger partial charge in [-0.15, -0.1) is 8.07 Å². The van der Waals surface area contributed by atoms with Gasteiger partial charge in [-0.3, -0.25) is 9.89 Å². The van der Waals surface area contributed by atoms with Crippen molar-refractivity contribution in [3.63, 3.8) is 0 Å². The zero-order valence-corrected chi connectivity index (χ0v) is 24.5. The lowest BCUT2D eigenvalue weighted by atomic mass is 9.83.